The van der Waals surface area contributed by atoms with Crippen molar-refractivity contribution < 1.29 is 13.3 Å². The molecule has 0 saturated heterocycles. The Bertz CT molecular complexity index is 315. The van der Waals surface area contributed by atoms with Crippen LogP contribution >= 0.6 is 12.6 Å². The van der Waals surface area contributed by atoms with Crippen LogP contribution in [0.5, 0.6) is 0 Å². The Labute approximate surface area is 116 Å². The first-order valence-corrected chi connectivity index (χ1v) is 8.73. The lowest BCUT2D eigenvalue weighted by Crippen LogP contribution is -2.57. The molecule has 5 heteroatoms. The Morgan fingerprint density at radius 3 is 2.11 bits per heavy atom. The van der Waals surface area contributed by atoms with Gasteiger partial charge in [-0.3, -0.25) is 0 Å². The van der Waals surface area contributed by atoms with E-state index in [9.17, 15) is 0 Å². The fraction of sp³-hybridized carbons (Fsp3) is 0.538. The van der Waals surface area contributed by atoms with Crippen molar-refractivity contribution in [2.45, 2.75) is 20.3 Å². The molecule has 0 amide bonds. The highest BCUT2D eigenvalue weighted by molar-refractivity contribution is 7.80. The van der Waals surface area contributed by atoms with E-state index in [-0.39, 0.29) is 0 Å². The van der Waals surface area contributed by atoms with E-state index in [0.717, 1.165) is 17.4 Å². The van der Waals surface area contributed by atoms with Crippen molar-refractivity contribution in [1.29, 1.82) is 0 Å². The number of benzene rings is 1. The Hall–Kier alpha value is -0.333. The Morgan fingerprint density at radius 2 is 1.61 bits per heavy atom. The molecule has 0 bridgehead atoms. The fourth-order valence-electron chi connectivity index (χ4n) is 1.67. The maximum Gasteiger partial charge on any atom is 0.537 e. The second kappa shape index (κ2) is 8.71. The van der Waals surface area contributed by atoms with Crippen molar-refractivity contribution in [1.82, 2.24) is 0 Å². The van der Waals surface area contributed by atoms with Crippen molar-refractivity contribution in [3.63, 3.8) is 0 Å². The lowest BCUT2D eigenvalue weighted by atomic mass is 10.4. The maximum absolute atomic E-state index is 5.98. The van der Waals surface area contributed by atoms with E-state index in [1.54, 1.807) is 0 Å². The van der Waals surface area contributed by atoms with Crippen LogP contribution in [0.2, 0.25) is 0 Å². The lowest BCUT2D eigenvalue weighted by molar-refractivity contribution is 0.0817. The zero-order valence-corrected chi connectivity index (χ0v) is 13.0. The molecule has 1 aromatic rings. The highest BCUT2D eigenvalue weighted by atomic mass is 32.1. The number of thiol groups is 1. The predicted octanol–water partition coefficient (Wildman–Crippen LogP) is 2.24. The molecule has 0 aliphatic carbocycles. The minimum absolute atomic E-state index is 0.585. The van der Waals surface area contributed by atoms with Gasteiger partial charge in [-0.1, -0.05) is 30.3 Å². The molecule has 0 spiro atoms. The minimum atomic E-state index is -2.74. The molecule has 0 saturated carbocycles. The summed E-state index contributed by atoms with van der Waals surface area (Å²) in [6.45, 7) is 5.71. The zero-order valence-electron chi connectivity index (χ0n) is 11.1. The highest BCUT2D eigenvalue weighted by Crippen LogP contribution is 2.11. The first kappa shape index (κ1) is 15.7. The average molecular weight is 286 g/mol. The zero-order chi connectivity index (χ0) is 13.3. The highest BCUT2D eigenvalue weighted by Gasteiger charge is 2.43. The molecule has 0 atom stereocenters. The molecular formula is C13H22O3SSi. The minimum Gasteiger partial charge on any atom is -0.370 e. The van der Waals surface area contributed by atoms with E-state index >= 15 is 0 Å². The second-order valence-electron chi connectivity index (χ2n) is 3.71. The van der Waals surface area contributed by atoms with Gasteiger partial charge in [0.25, 0.3) is 0 Å². The third-order valence-electron chi connectivity index (χ3n) is 2.39. The van der Waals surface area contributed by atoms with Crippen LogP contribution in [0, 0.1) is 0 Å². The number of hydrogen-bond acceptors (Lipinski definition) is 4. The average Bonchev–Trinajstić information content (AvgIpc) is 2.40. The largest absolute Gasteiger partial charge is 0.537 e. The summed E-state index contributed by atoms with van der Waals surface area (Å²) in [6.07, 6.45) is 0.894. The summed E-state index contributed by atoms with van der Waals surface area (Å²) in [7, 11) is -2.74. The topological polar surface area (TPSA) is 27.7 Å². The molecule has 0 fully saturated rings. The third-order valence-corrected chi connectivity index (χ3v) is 5.67. The van der Waals surface area contributed by atoms with Crippen LogP contribution in [0.15, 0.2) is 30.3 Å². The van der Waals surface area contributed by atoms with E-state index in [0.29, 0.717) is 19.8 Å². The molecule has 0 heterocycles. The molecule has 1 aromatic carbocycles. The summed E-state index contributed by atoms with van der Waals surface area (Å²) in [5, 5.41) is 1.02. The molecule has 0 N–H and O–H groups in total. The molecule has 0 aliphatic rings. The van der Waals surface area contributed by atoms with Crippen LogP contribution in [0.1, 0.15) is 20.3 Å². The van der Waals surface area contributed by atoms with Crippen molar-refractivity contribution in [3.05, 3.63) is 30.3 Å². The van der Waals surface area contributed by atoms with Gasteiger partial charge in [-0.25, -0.2) is 0 Å². The third kappa shape index (κ3) is 4.40. The van der Waals surface area contributed by atoms with Crippen molar-refractivity contribution in [3.8, 4) is 0 Å². The van der Waals surface area contributed by atoms with Crippen LogP contribution < -0.4 is 5.19 Å². The van der Waals surface area contributed by atoms with Gasteiger partial charge < -0.3 is 13.3 Å². The summed E-state index contributed by atoms with van der Waals surface area (Å²) < 4.78 is 17.7. The van der Waals surface area contributed by atoms with Gasteiger partial charge in [0, 0.05) is 25.0 Å². The van der Waals surface area contributed by atoms with Gasteiger partial charge >= 0.3 is 8.80 Å². The van der Waals surface area contributed by atoms with Crippen LogP contribution in [0.25, 0.3) is 0 Å². The molecule has 18 heavy (non-hydrogen) atoms. The first-order valence-electron chi connectivity index (χ1n) is 6.37. The molecule has 0 aliphatic heterocycles. The van der Waals surface area contributed by atoms with E-state index in [1.165, 1.54) is 0 Å². The van der Waals surface area contributed by atoms with Gasteiger partial charge in [0.05, 0.1) is 0 Å². The number of rotatable bonds is 9. The summed E-state index contributed by atoms with van der Waals surface area (Å²) >= 11 is 4.20. The van der Waals surface area contributed by atoms with Crippen LogP contribution in [-0.2, 0) is 13.3 Å². The number of hydrogen-bond donors (Lipinski definition) is 1. The normalized spacial score (nSPS) is 11.7. The molecule has 3 nitrogen and oxygen atoms in total. The van der Waals surface area contributed by atoms with Gasteiger partial charge in [0.2, 0.25) is 0 Å². The quantitative estimate of drug-likeness (QED) is 0.429. The SMILES string of the molecule is CCO[Si](OCC)(OCCCS)c1ccccc1. The van der Waals surface area contributed by atoms with Crippen molar-refractivity contribution in [2.75, 3.05) is 25.6 Å². The van der Waals surface area contributed by atoms with Crippen LogP contribution in [0.4, 0.5) is 0 Å². The Balaban J connectivity index is 2.89. The molecule has 102 valence electrons. The van der Waals surface area contributed by atoms with Gasteiger partial charge in [0.1, 0.15) is 0 Å². The Morgan fingerprint density at radius 1 is 1.00 bits per heavy atom. The fourth-order valence-corrected chi connectivity index (χ4v) is 4.32. The van der Waals surface area contributed by atoms with Gasteiger partial charge in [0.15, 0.2) is 0 Å². The van der Waals surface area contributed by atoms with Gasteiger partial charge in [-0.2, -0.15) is 12.6 Å². The smallest absolute Gasteiger partial charge is 0.370 e. The monoisotopic (exact) mass is 286 g/mol. The van der Waals surface area contributed by atoms with Crippen LogP contribution in [-0.4, -0.2) is 34.4 Å². The predicted molar refractivity (Wildman–Crippen MR) is 79.5 cm³/mol. The van der Waals surface area contributed by atoms with Crippen LogP contribution in [0.3, 0.4) is 0 Å². The lowest BCUT2D eigenvalue weighted by Gasteiger charge is -2.29. The summed E-state index contributed by atoms with van der Waals surface area (Å²) in [5.41, 5.74) is 0. The first-order chi connectivity index (χ1) is 8.79. The van der Waals surface area contributed by atoms with E-state index in [4.69, 9.17) is 13.3 Å². The van der Waals surface area contributed by atoms with Crippen molar-refractivity contribution in [2.24, 2.45) is 0 Å². The summed E-state index contributed by atoms with van der Waals surface area (Å²) in [6, 6.07) is 9.97. The summed E-state index contributed by atoms with van der Waals surface area (Å²) in [4.78, 5) is 0. The van der Waals surface area contributed by atoms with Crippen molar-refractivity contribution >= 4 is 26.6 Å². The maximum atomic E-state index is 5.98. The molecule has 1 rings (SSSR count). The second-order valence-corrected chi connectivity index (χ2v) is 6.72. The molecule has 0 aromatic heterocycles. The van der Waals surface area contributed by atoms with E-state index in [1.807, 2.05) is 44.2 Å². The Kier molecular flexibility index (Phi) is 7.61. The van der Waals surface area contributed by atoms with Gasteiger partial charge in [-0.05, 0) is 26.0 Å². The molecule has 0 radical (unpaired) electrons. The van der Waals surface area contributed by atoms with E-state index < -0.39 is 8.80 Å². The molecular weight excluding hydrogens is 264 g/mol. The van der Waals surface area contributed by atoms with Gasteiger partial charge in [-0.15, -0.1) is 0 Å². The standard InChI is InChI=1S/C13H22O3SSi/c1-3-14-18(15-4-2,16-11-8-12-17)13-9-6-5-7-10-13/h5-7,9-10,17H,3-4,8,11-12H2,1-2H3. The molecule has 0 unspecified atom stereocenters. The summed E-state index contributed by atoms with van der Waals surface area (Å²) in [5.74, 6) is 0.803. The van der Waals surface area contributed by atoms with E-state index in [2.05, 4.69) is 12.6 Å².